The average Bonchev–Trinajstić information content (AvgIpc) is 2.98. The van der Waals surface area contributed by atoms with Gasteiger partial charge in [0, 0.05) is 24.1 Å². The zero-order chi connectivity index (χ0) is 14.6. The molecule has 3 aromatic rings. The predicted molar refractivity (Wildman–Crippen MR) is 76.7 cm³/mol. The van der Waals surface area contributed by atoms with Gasteiger partial charge >= 0.3 is 0 Å². The lowest BCUT2D eigenvalue weighted by atomic mass is 9.86. The van der Waals surface area contributed by atoms with Gasteiger partial charge in [0.15, 0.2) is 5.58 Å². The first-order valence-electron chi connectivity index (χ1n) is 6.57. The van der Waals surface area contributed by atoms with Crippen molar-refractivity contribution < 1.29 is 9.21 Å². The number of hydrogen-bond acceptors (Lipinski definition) is 5. The van der Waals surface area contributed by atoms with Crippen LogP contribution in [0.4, 0.5) is 5.69 Å². The number of carbonyl (C=O) groups is 1. The third-order valence-electron chi connectivity index (χ3n) is 3.82. The van der Waals surface area contributed by atoms with Crippen molar-refractivity contribution >= 4 is 22.7 Å². The van der Waals surface area contributed by atoms with Crippen molar-refractivity contribution in [2.75, 3.05) is 5.32 Å². The van der Waals surface area contributed by atoms with Gasteiger partial charge in [-0.25, -0.2) is 15.0 Å². The monoisotopic (exact) mass is 280 g/mol. The number of rotatable bonds is 1. The molecule has 0 fully saturated rings. The highest BCUT2D eigenvalue weighted by molar-refractivity contribution is 6.07. The molecule has 6 heteroatoms. The second kappa shape index (κ2) is 3.88. The molecule has 0 bridgehead atoms. The van der Waals surface area contributed by atoms with E-state index in [-0.39, 0.29) is 5.91 Å². The Bertz CT molecular complexity index is 868. The van der Waals surface area contributed by atoms with E-state index in [0.717, 1.165) is 22.3 Å². The molecular formula is C15H12N4O2. The molecule has 1 amide bonds. The summed E-state index contributed by atoms with van der Waals surface area (Å²) in [5.41, 5.74) is 3.23. The van der Waals surface area contributed by atoms with Crippen LogP contribution in [0.1, 0.15) is 19.4 Å². The van der Waals surface area contributed by atoms with Gasteiger partial charge < -0.3 is 9.73 Å². The summed E-state index contributed by atoms with van der Waals surface area (Å²) in [7, 11) is 0. The maximum atomic E-state index is 12.0. The molecule has 3 heterocycles. The van der Waals surface area contributed by atoms with E-state index in [2.05, 4.69) is 20.3 Å². The van der Waals surface area contributed by atoms with Gasteiger partial charge in [-0.1, -0.05) is 0 Å². The third-order valence-corrected chi connectivity index (χ3v) is 3.82. The Morgan fingerprint density at radius 2 is 1.95 bits per heavy atom. The molecule has 0 aliphatic carbocycles. The molecule has 4 rings (SSSR count). The highest BCUT2D eigenvalue weighted by Crippen LogP contribution is 2.40. The summed E-state index contributed by atoms with van der Waals surface area (Å²) in [6.45, 7) is 3.79. The van der Waals surface area contributed by atoms with Crippen LogP contribution in [0.15, 0.2) is 35.3 Å². The lowest BCUT2D eigenvalue weighted by molar-refractivity contribution is -0.119. The van der Waals surface area contributed by atoms with Gasteiger partial charge in [0.05, 0.1) is 11.0 Å². The highest BCUT2D eigenvalue weighted by atomic mass is 16.3. The summed E-state index contributed by atoms with van der Waals surface area (Å²) < 4.78 is 5.74. The lowest BCUT2D eigenvalue weighted by Gasteiger charge is -2.14. The molecule has 1 aliphatic heterocycles. The van der Waals surface area contributed by atoms with Gasteiger partial charge in [0.25, 0.3) is 0 Å². The maximum absolute atomic E-state index is 12.0. The van der Waals surface area contributed by atoms with Crippen LogP contribution in [0, 0.1) is 0 Å². The van der Waals surface area contributed by atoms with Crippen LogP contribution in [0.5, 0.6) is 0 Å². The van der Waals surface area contributed by atoms with Gasteiger partial charge in [0.2, 0.25) is 11.8 Å². The zero-order valence-electron chi connectivity index (χ0n) is 11.5. The van der Waals surface area contributed by atoms with Crippen LogP contribution >= 0.6 is 0 Å². The van der Waals surface area contributed by atoms with E-state index in [0.29, 0.717) is 11.5 Å². The largest absolute Gasteiger partial charge is 0.436 e. The number of oxazole rings is 1. The van der Waals surface area contributed by atoms with Gasteiger partial charge in [-0.15, -0.1) is 0 Å². The quantitative estimate of drug-likeness (QED) is 0.740. The SMILES string of the molecule is CC1(C)C(=O)Nc2cc3oc(-c4cncnc4)nc3cc21. The number of hydrogen-bond donors (Lipinski definition) is 1. The smallest absolute Gasteiger partial charge is 0.234 e. The third kappa shape index (κ3) is 1.65. The molecular weight excluding hydrogens is 268 g/mol. The van der Waals surface area contributed by atoms with E-state index in [4.69, 9.17) is 4.42 Å². The summed E-state index contributed by atoms with van der Waals surface area (Å²) in [4.78, 5) is 24.3. The summed E-state index contributed by atoms with van der Waals surface area (Å²) in [6.07, 6.45) is 4.76. The van der Waals surface area contributed by atoms with Gasteiger partial charge in [-0.3, -0.25) is 4.79 Å². The Balaban J connectivity index is 1.90. The minimum atomic E-state index is -0.557. The van der Waals surface area contributed by atoms with E-state index in [1.54, 1.807) is 12.4 Å². The second-order valence-corrected chi connectivity index (χ2v) is 5.59. The molecule has 0 radical (unpaired) electrons. The van der Waals surface area contributed by atoms with Crippen molar-refractivity contribution in [3.8, 4) is 11.5 Å². The molecule has 6 nitrogen and oxygen atoms in total. The number of fused-ring (bicyclic) bond motifs is 2. The fraction of sp³-hybridized carbons (Fsp3) is 0.200. The number of carbonyl (C=O) groups excluding carboxylic acids is 1. The fourth-order valence-corrected chi connectivity index (χ4v) is 2.53. The van der Waals surface area contributed by atoms with Crippen LogP contribution in [0.3, 0.4) is 0 Å². The molecule has 21 heavy (non-hydrogen) atoms. The Morgan fingerprint density at radius 3 is 2.71 bits per heavy atom. The molecule has 0 saturated carbocycles. The van der Waals surface area contributed by atoms with Gasteiger partial charge in [-0.05, 0) is 25.5 Å². The summed E-state index contributed by atoms with van der Waals surface area (Å²) >= 11 is 0. The Kier molecular flexibility index (Phi) is 2.22. The number of amides is 1. The number of nitrogens with zero attached hydrogens (tertiary/aromatic N) is 3. The molecule has 0 saturated heterocycles. The van der Waals surface area contributed by atoms with Crippen molar-refractivity contribution in [1.29, 1.82) is 0 Å². The fourth-order valence-electron chi connectivity index (χ4n) is 2.53. The normalized spacial score (nSPS) is 16.0. The van der Waals surface area contributed by atoms with Crippen molar-refractivity contribution in [2.24, 2.45) is 0 Å². The van der Waals surface area contributed by atoms with Crippen LogP contribution in [-0.2, 0) is 10.2 Å². The van der Waals surface area contributed by atoms with E-state index in [1.165, 1.54) is 6.33 Å². The van der Waals surface area contributed by atoms with E-state index in [1.807, 2.05) is 26.0 Å². The van der Waals surface area contributed by atoms with Crippen LogP contribution in [0.25, 0.3) is 22.6 Å². The molecule has 1 aromatic carbocycles. The Labute approximate surface area is 120 Å². The molecule has 104 valence electrons. The first kappa shape index (κ1) is 12.0. The molecule has 1 aliphatic rings. The summed E-state index contributed by atoms with van der Waals surface area (Å²) in [5.74, 6) is 0.459. The van der Waals surface area contributed by atoms with Crippen molar-refractivity contribution in [1.82, 2.24) is 15.0 Å². The van der Waals surface area contributed by atoms with E-state index < -0.39 is 5.41 Å². The van der Waals surface area contributed by atoms with Crippen molar-refractivity contribution in [3.63, 3.8) is 0 Å². The van der Waals surface area contributed by atoms with Crippen LogP contribution < -0.4 is 5.32 Å². The molecule has 2 aromatic heterocycles. The molecule has 0 spiro atoms. The summed E-state index contributed by atoms with van der Waals surface area (Å²) in [5, 5.41) is 2.88. The molecule has 0 atom stereocenters. The number of anilines is 1. The second-order valence-electron chi connectivity index (χ2n) is 5.59. The first-order valence-corrected chi connectivity index (χ1v) is 6.57. The lowest BCUT2D eigenvalue weighted by Crippen LogP contribution is -2.26. The number of nitrogens with one attached hydrogen (secondary N) is 1. The van der Waals surface area contributed by atoms with Crippen LogP contribution in [-0.4, -0.2) is 20.9 Å². The van der Waals surface area contributed by atoms with Gasteiger partial charge in [0.1, 0.15) is 11.8 Å². The molecule has 1 N–H and O–H groups in total. The average molecular weight is 280 g/mol. The maximum Gasteiger partial charge on any atom is 0.234 e. The van der Waals surface area contributed by atoms with E-state index >= 15 is 0 Å². The van der Waals surface area contributed by atoms with Crippen molar-refractivity contribution in [2.45, 2.75) is 19.3 Å². The first-order chi connectivity index (χ1) is 10.1. The van der Waals surface area contributed by atoms with Crippen molar-refractivity contribution in [3.05, 3.63) is 36.4 Å². The van der Waals surface area contributed by atoms with Crippen LogP contribution in [0.2, 0.25) is 0 Å². The highest BCUT2D eigenvalue weighted by Gasteiger charge is 2.39. The topological polar surface area (TPSA) is 80.9 Å². The molecule has 0 unspecified atom stereocenters. The minimum absolute atomic E-state index is 0.0122. The Hall–Kier alpha value is -2.76. The Morgan fingerprint density at radius 1 is 1.19 bits per heavy atom. The standard InChI is InChI=1S/C15H12N4O2/c1-15(2)9-3-11-12(4-10(9)19-14(15)20)21-13(18-11)8-5-16-7-17-6-8/h3-7H,1-2H3,(H,19,20). The number of aromatic nitrogens is 3. The number of benzene rings is 1. The summed E-state index contributed by atoms with van der Waals surface area (Å²) in [6, 6.07) is 3.72. The minimum Gasteiger partial charge on any atom is -0.436 e. The van der Waals surface area contributed by atoms with Gasteiger partial charge in [-0.2, -0.15) is 0 Å². The predicted octanol–water partition coefficient (Wildman–Crippen LogP) is 2.51. The zero-order valence-corrected chi connectivity index (χ0v) is 11.5. The van der Waals surface area contributed by atoms with E-state index in [9.17, 15) is 4.79 Å².